The number of unbranched alkanes of at least 4 members (excludes halogenated alkanes) is 1. The number of rotatable bonds is 10. The summed E-state index contributed by atoms with van der Waals surface area (Å²) < 4.78 is 5.70. The summed E-state index contributed by atoms with van der Waals surface area (Å²) in [7, 11) is 0. The number of thiophene rings is 1. The largest absolute Gasteiger partial charge is 0.377 e. The molecule has 0 fully saturated rings. The summed E-state index contributed by atoms with van der Waals surface area (Å²) >= 11 is 1.74. The molecule has 0 spiro atoms. The summed E-state index contributed by atoms with van der Waals surface area (Å²) in [6.45, 7) is 6.08. The number of halogens is 1. The second-order valence-electron chi connectivity index (χ2n) is 5.45. The van der Waals surface area contributed by atoms with E-state index in [0.29, 0.717) is 6.61 Å². The Bertz CT molecular complexity index is 576. The van der Waals surface area contributed by atoms with Gasteiger partial charge in [-0.05, 0) is 36.8 Å². The van der Waals surface area contributed by atoms with Crippen molar-refractivity contribution in [2.45, 2.75) is 32.9 Å². The zero-order valence-electron chi connectivity index (χ0n) is 14.7. The first-order valence-corrected chi connectivity index (χ1v) is 9.42. The van der Waals surface area contributed by atoms with Crippen LogP contribution in [0.4, 0.5) is 0 Å². The number of aliphatic imine (C=N–C) groups is 1. The molecule has 6 heteroatoms. The number of nitrogens with zero attached hydrogens (tertiary/aromatic N) is 1. The lowest BCUT2D eigenvalue weighted by atomic mass is 10.2. The highest BCUT2D eigenvalue weighted by atomic mass is 127. The summed E-state index contributed by atoms with van der Waals surface area (Å²) in [6, 6.07) is 14.5. The minimum atomic E-state index is 0. The Labute approximate surface area is 172 Å². The Hall–Kier alpha value is -1.12. The first kappa shape index (κ1) is 21.9. The molecule has 0 atom stereocenters. The Morgan fingerprint density at radius 2 is 1.92 bits per heavy atom. The van der Waals surface area contributed by atoms with Gasteiger partial charge in [0.15, 0.2) is 5.96 Å². The van der Waals surface area contributed by atoms with Gasteiger partial charge in [0.25, 0.3) is 0 Å². The molecule has 1 aromatic carbocycles. The Morgan fingerprint density at radius 1 is 1.08 bits per heavy atom. The van der Waals surface area contributed by atoms with Crippen LogP contribution in [0.25, 0.3) is 0 Å². The molecule has 0 unspecified atom stereocenters. The normalized spacial score (nSPS) is 11.0. The van der Waals surface area contributed by atoms with E-state index in [-0.39, 0.29) is 24.0 Å². The van der Waals surface area contributed by atoms with Gasteiger partial charge in [0, 0.05) is 24.6 Å². The maximum Gasteiger partial charge on any atom is 0.191 e. The van der Waals surface area contributed by atoms with Crippen molar-refractivity contribution in [1.82, 2.24) is 10.6 Å². The lowest BCUT2D eigenvalue weighted by Crippen LogP contribution is -2.37. The molecule has 2 N–H and O–H groups in total. The number of guanidine groups is 1. The third-order valence-corrected chi connectivity index (χ3v) is 4.30. The standard InChI is InChI=1S/C19H27N3OS.HI/c1-2-20-19(22-15-18-11-8-14-24-18)21-12-6-7-13-23-16-17-9-4-3-5-10-17;/h3-5,8-11,14H,2,6-7,12-13,15-16H2,1H3,(H2,20,21,22);1H. The van der Waals surface area contributed by atoms with Crippen LogP contribution >= 0.6 is 35.3 Å². The van der Waals surface area contributed by atoms with E-state index in [0.717, 1.165) is 45.0 Å². The molecule has 0 amide bonds. The third-order valence-electron chi connectivity index (χ3n) is 3.44. The van der Waals surface area contributed by atoms with Gasteiger partial charge in [-0.15, -0.1) is 35.3 Å². The van der Waals surface area contributed by atoms with Gasteiger partial charge in [-0.1, -0.05) is 36.4 Å². The number of benzene rings is 1. The molecule has 25 heavy (non-hydrogen) atoms. The first-order valence-electron chi connectivity index (χ1n) is 8.54. The van der Waals surface area contributed by atoms with E-state index in [1.54, 1.807) is 11.3 Å². The summed E-state index contributed by atoms with van der Waals surface area (Å²) in [5, 5.41) is 8.74. The highest BCUT2D eigenvalue weighted by molar-refractivity contribution is 14.0. The van der Waals surface area contributed by atoms with Crippen LogP contribution in [0, 0.1) is 0 Å². The van der Waals surface area contributed by atoms with Crippen LogP contribution in [-0.2, 0) is 17.9 Å². The second kappa shape index (κ2) is 14.1. The van der Waals surface area contributed by atoms with Crippen molar-refractivity contribution in [1.29, 1.82) is 0 Å². The number of hydrogen-bond acceptors (Lipinski definition) is 3. The molecule has 0 saturated carbocycles. The van der Waals surface area contributed by atoms with Gasteiger partial charge in [-0.2, -0.15) is 0 Å². The molecule has 0 aliphatic heterocycles. The Balaban J connectivity index is 0.00000312. The van der Waals surface area contributed by atoms with Crippen LogP contribution in [0.2, 0.25) is 0 Å². The van der Waals surface area contributed by atoms with Crippen molar-refractivity contribution in [3.05, 3.63) is 58.3 Å². The highest BCUT2D eigenvalue weighted by Gasteiger charge is 1.98. The van der Waals surface area contributed by atoms with Gasteiger partial charge in [0.2, 0.25) is 0 Å². The molecule has 4 nitrogen and oxygen atoms in total. The molecule has 0 aliphatic carbocycles. The molecule has 0 radical (unpaired) electrons. The van der Waals surface area contributed by atoms with Gasteiger partial charge < -0.3 is 15.4 Å². The maximum absolute atomic E-state index is 5.70. The number of hydrogen-bond donors (Lipinski definition) is 2. The number of nitrogens with one attached hydrogen (secondary N) is 2. The fourth-order valence-corrected chi connectivity index (χ4v) is 2.83. The Morgan fingerprint density at radius 3 is 2.64 bits per heavy atom. The fourth-order valence-electron chi connectivity index (χ4n) is 2.20. The summed E-state index contributed by atoms with van der Waals surface area (Å²) in [5.74, 6) is 0.885. The van der Waals surface area contributed by atoms with Crippen molar-refractivity contribution in [3.8, 4) is 0 Å². The van der Waals surface area contributed by atoms with E-state index in [1.807, 2.05) is 18.2 Å². The maximum atomic E-state index is 5.70. The Kier molecular flexibility index (Phi) is 12.4. The van der Waals surface area contributed by atoms with E-state index < -0.39 is 0 Å². The molecular formula is C19H28IN3OS. The number of ether oxygens (including phenoxy) is 1. The van der Waals surface area contributed by atoms with E-state index >= 15 is 0 Å². The molecule has 138 valence electrons. The minimum Gasteiger partial charge on any atom is -0.377 e. The van der Waals surface area contributed by atoms with Crippen molar-refractivity contribution < 1.29 is 4.74 Å². The monoisotopic (exact) mass is 473 g/mol. The van der Waals surface area contributed by atoms with Crippen LogP contribution in [0.15, 0.2) is 52.8 Å². The van der Waals surface area contributed by atoms with Gasteiger partial charge >= 0.3 is 0 Å². The molecule has 1 aromatic heterocycles. The molecule has 1 heterocycles. The summed E-state index contributed by atoms with van der Waals surface area (Å²) in [6.07, 6.45) is 2.11. The van der Waals surface area contributed by atoms with Crippen LogP contribution in [0.3, 0.4) is 0 Å². The van der Waals surface area contributed by atoms with Gasteiger partial charge in [0.05, 0.1) is 13.2 Å². The highest BCUT2D eigenvalue weighted by Crippen LogP contribution is 2.09. The van der Waals surface area contributed by atoms with Crippen molar-refractivity contribution in [3.63, 3.8) is 0 Å². The zero-order valence-corrected chi connectivity index (χ0v) is 17.9. The minimum absolute atomic E-state index is 0. The van der Waals surface area contributed by atoms with Crippen molar-refractivity contribution in [2.24, 2.45) is 4.99 Å². The summed E-state index contributed by atoms with van der Waals surface area (Å²) in [4.78, 5) is 5.88. The van der Waals surface area contributed by atoms with E-state index in [9.17, 15) is 0 Å². The molecule has 2 aromatic rings. The van der Waals surface area contributed by atoms with Gasteiger partial charge in [-0.25, -0.2) is 4.99 Å². The predicted octanol–water partition coefficient (Wildman–Crippen LogP) is 4.42. The van der Waals surface area contributed by atoms with Crippen LogP contribution in [0.1, 0.15) is 30.2 Å². The molecular weight excluding hydrogens is 445 g/mol. The van der Waals surface area contributed by atoms with Crippen molar-refractivity contribution in [2.75, 3.05) is 19.7 Å². The molecule has 0 saturated heterocycles. The smallest absolute Gasteiger partial charge is 0.191 e. The molecule has 0 bridgehead atoms. The van der Waals surface area contributed by atoms with Gasteiger partial charge in [-0.3, -0.25) is 0 Å². The molecule has 2 rings (SSSR count). The topological polar surface area (TPSA) is 45.7 Å². The predicted molar refractivity (Wildman–Crippen MR) is 118 cm³/mol. The average Bonchev–Trinajstić information content (AvgIpc) is 3.13. The average molecular weight is 473 g/mol. The third kappa shape index (κ3) is 9.81. The summed E-state index contributed by atoms with van der Waals surface area (Å²) in [5.41, 5.74) is 1.23. The SMILES string of the molecule is CCNC(=NCc1cccs1)NCCCCOCc1ccccc1.I. The van der Waals surface area contributed by atoms with E-state index in [2.05, 4.69) is 52.2 Å². The first-order chi connectivity index (χ1) is 11.9. The fraction of sp³-hybridized carbons (Fsp3) is 0.421. The van der Waals surface area contributed by atoms with Crippen LogP contribution in [0.5, 0.6) is 0 Å². The van der Waals surface area contributed by atoms with Crippen molar-refractivity contribution >= 4 is 41.3 Å². The zero-order chi connectivity index (χ0) is 16.9. The van der Waals surface area contributed by atoms with E-state index in [1.165, 1.54) is 10.4 Å². The second-order valence-corrected chi connectivity index (χ2v) is 6.48. The van der Waals surface area contributed by atoms with Gasteiger partial charge in [0.1, 0.15) is 0 Å². The van der Waals surface area contributed by atoms with E-state index in [4.69, 9.17) is 4.74 Å². The molecule has 0 aliphatic rings. The lowest BCUT2D eigenvalue weighted by Gasteiger charge is -2.11. The lowest BCUT2D eigenvalue weighted by molar-refractivity contribution is 0.117. The quantitative estimate of drug-likeness (QED) is 0.233. The van der Waals surface area contributed by atoms with Crippen LogP contribution < -0.4 is 10.6 Å². The van der Waals surface area contributed by atoms with Crippen LogP contribution in [-0.4, -0.2) is 25.7 Å².